The molecule has 6 nitrogen and oxygen atoms in total. The number of para-hydroxylation sites is 2. The lowest BCUT2D eigenvalue weighted by Crippen LogP contribution is -2.37. The Morgan fingerprint density at radius 3 is 2.67 bits per heavy atom. The Balaban J connectivity index is 2.03. The molecule has 2 aromatic rings. The Morgan fingerprint density at radius 1 is 1.14 bits per heavy atom. The first-order chi connectivity index (χ1) is 10.2. The van der Waals surface area contributed by atoms with E-state index in [2.05, 4.69) is 49.2 Å². The first kappa shape index (κ1) is 13.9. The molecule has 0 spiro atoms. The molecule has 1 aliphatic heterocycles. The fourth-order valence-corrected chi connectivity index (χ4v) is 2.57. The van der Waals surface area contributed by atoms with Gasteiger partial charge in [0, 0.05) is 26.7 Å². The van der Waals surface area contributed by atoms with Crippen LogP contribution in [-0.2, 0) is 0 Å². The van der Waals surface area contributed by atoms with Crippen LogP contribution in [0.2, 0.25) is 5.28 Å². The van der Waals surface area contributed by atoms with Gasteiger partial charge in [-0.15, -0.1) is 0 Å². The maximum atomic E-state index is 6.02. The summed E-state index contributed by atoms with van der Waals surface area (Å²) in [5.74, 6) is 1.08. The van der Waals surface area contributed by atoms with E-state index in [-0.39, 0.29) is 5.28 Å². The number of aromatic nitrogens is 3. The average Bonchev–Trinajstić information content (AvgIpc) is 2.47. The smallest absolute Gasteiger partial charge is 0.236 e. The summed E-state index contributed by atoms with van der Waals surface area (Å²) in [5, 5.41) is 3.28. The number of likely N-dealkylation sites (N-methyl/N-ethyl adjacent to an activating group) is 1. The van der Waals surface area contributed by atoms with Crippen LogP contribution >= 0.6 is 11.6 Å². The molecule has 2 heterocycles. The molecule has 0 aliphatic carbocycles. The zero-order valence-electron chi connectivity index (χ0n) is 12.0. The topological polar surface area (TPSA) is 57.2 Å². The fourth-order valence-electron chi connectivity index (χ4n) is 2.41. The van der Waals surface area contributed by atoms with Crippen molar-refractivity contribution >= 4 is 34.9 Å². The highest BCUT2D eigenvalue weighted by molar-refractivity contribution is 6.28. The van der Waals surface area contributed by atoms with Gasteiger partial charge in [-0.05, 0) is 30.7 Å². The van der Waals surface area contributed by atoms with Crippen LogP contribution in [0, 0.1) is 0 Å². The minimum Gasteiger partial charge on any atom is -0.371 e. The van der Waals surface area contributed by atoms with Gasteiger partial charge >= 0.3 is 0 Å². The second-order valence-electron chi connectivity index (χ2n) is 4.82. The van der Waals surface area contributed by atoms with E-state index in [0.29, 0.717) is 11.9 Å². The molecule has 0 unspecified atom stereocenters. The Bertz CT molecular complexity index is 647. The summed E-state index contributed by atoms with van der Waals surface area (Å²) in [6.07, 6.45) is 0. The zero-order chi connectivity index (χ0) is 14.8. The SMILES string of the molecule is CCNc1nc(Cl)nc(N2CCN(C)c3ccccc32)n1. The number of hydrogen-bond donors (Lipinski definition) is 1. The molecule has 0 bridgehead atoms. The summed E-state index contributed by atoms with van der Waals surface area (Å²) < 4.78 is 0. The number of fused-ring (bicyclic) bond motifs is 1. The van der Waals surface area contributed by atoms with Crippen LogP contribution in [0.3, 0.4) is 0 Å². The van der Waals surface area contributed by atoms with Crippen LogP contribution in [-0.4, -0.2) is 41.6 Å². The van der Waals surface area contributed by atoms with Gasteiger partial charge in [-0.3, -0.25) is 0 Å². The van der Waals surface area contributed by atoms with Crippen molar-refractivity contribution < 1.29 is 0 Å². The van der Waals surface area contributed by atoms with Crippen molar-refractivity contribution in [3.63, 3.8) is 0 Å². The molecule has 7 heteroatoms. The van der Waals surface area contributed by atoms with Gasteiger partial charge in [0.2, 0.25) is 17.2 Å². The molecule has 0 saturated heterocycles. The van der Waals surface area contributed by atoms with E-state index < -0.39 is 0 Å². The average molecular weight is 305 g/mol. The summed E-state index contributed by atoms with van der Waals surface area (Å²) in [6.45, 7) is 4.43. The lowest BCUT2D eigenvalue weighted by atomic mass is 10.2. The lowest BCUT2D eigenvalue weighted by Gasteiger charge is -2.35. The molecule has 21 heavy (non-hydrogen) atoms. The maximum absolute atomic E-state index is 6.02. The molecular weight excluding hydrogens is 288 g/mol. The van der Waals surface area contributed by atoms with E-state index in [0.717, 1.165) is 31.0 Å². The van der Waals surface area contributed by atoms with Crippen LogP contribution in [0.15, 0.2) is 24.3 Å². The molecule has 1 aliphatic rings. The van der Waals surface area contributed by atoms with E-state index >= 15 is 0 Å². The molecule has 1 N–H and O–H groups in total. The summed E-state index contributed by atoms with van der Waals surface area (Å²) >= 11 is 6.02. The minimum absolute atomic E-state index is 0.201. The third-order valence-electron chi connectivity index (χ3n) is 3.42. The van der Waals surface area contributed by atoms with Gasteiger partial charge in [0.05, 0.1) is 11.4 Å². The van der Waals surface area contributed by atoms with Crippen LogP contribution in [0.25, 0.3) is 0 Å². The number of nitrogens with one attached hydrogen (secondary N) is 1. The lowest BCUT2D eigenvalue weighted by molar-refractivity contribution is 0.797. The van der Waals surface area contributed by atoms with Gasteiger partial charge in [0.25, 0.3) is 0 Å². The van der Waals surface area contributed by atoms with E-state index in [9.17, 15) is 0 Å². The first-order valence-corrected chi connectivity index (χ1v) is 7.30. The number of anilines is 4. The molecule has 1 aromatic heterocycles. The van der Waals surface area contributed by atoms with Crippen molar-refractivity contribution in [1.29, 1.82) is 0 Å². The number of hydrogen-bond acceptors (Lipinski definition) is 6. The fraction of sp³-hybridized carbons (Fsp3) is 0.357. The van der Waals surface area contributed by atoms with E-state index in [1.54, 1.807) is 0 Å². The predicted molar refractivity (Wildman–Crippen MR) is 85.7 cm³/mol. The largest absolute Gasteiger partial charge is 0.371 e. The standard InChI is InChI=1S/C14H17ClN6/c1-3-16-13-17-12(15)18-14(19-13)21-9-8-20(2)10-6-4-5-7-11(10)21/h4-7H,3,8-9H2,1-2H3,(H,16,17,18,19). The molecule has 0 radical (unpaired) electrons. The van der Waals surface area contributed by atoms with E-state index in [4.69, 9.17) is 11.6 Å². The maximum Gasteiger partial charge on any atom is 0.236 e. The first-order valence-electron chi connectivity index (χ1n) is 6.92. The minimum atomic E-state index is 0.201. The van der Waals surface area contributed by atoms with Gasteiger partial charge in [0.15, 0.2) is 0 Å². The van der Waals surface area contributed by atoms with Crippen molar-refractivity contribution in [3.05, 3.63) is 29.5 Å². The van der Waals surface area contributed by atoms with Crippen molar-refractivity contribution in [2.75, 3.05) is 41.8 Å². The summed E-state index contributed by atoms with van der Waals surface area (Å²) in [4.78, 5) is 17.1. The van der Waals surface area contributed by atoms with E-state index in [1.165, 1.54) is 0 Å². The number of rotatable bonds is 3. The second-order valence-corrected chi connectivity index (χ2v) is 5.16. The number of halogens is 1. The molecule has 110 valence electrons. The van der Waals surface area contributed by atoms with Gasteiger partial charge in [-0.25, -0.2) is 0 Å². The quantitative estimate of drug-likeness (QED) is 0.940. The van der Waals surface area contributed by atoms with Crippen molar-refractivity contribution in [3.8, 4) is 0 Å². The zero-order valence-corrected chi connectivity index (χ0v) is 12.8. The van der Waals surface area contributed by atoms with Crippen LogP contribution in [0.1, 0.15) is 6.92 Å². The predicted octanol–water partition coefficient (Wildman–Crippen LogP) is 2.54. The molecule has 0 fully saturated rings. The van der Waals surface area contributed by atoms with Crippen LogP contribution in [0.4, 0.5) is 23.3 Å². The van der Waals surface area contributed by atoms with Crippen LogP contribution < -0.4 is 15.1 Å². The van der Waals surface area contributed by atoms with Crippen molar-refractivity contribution in [1.82, 2.24) is 15.0 Å². The van der Waals surface area contributed by atoms with Gasteiger partial charge in [0.1, 0.15) is 0 Å². The van der Waals surface area contributed by atoms with Gasteiger partial charge in [-0.2, -0.15) is 15.0 Å². The molecule has 1 aromatic carbocycles. The van der Waals surface area contributed by atoms with Gasteiger partial charge in [-0.1, -0.05) is 12.1 Å². The Morgan fingerprint density at radius 2 is 1.90 bits per heavy atom. The highest BCUT2D eigenvalue weighted by Crippen LogP contribution is 2.35. The van der Waals surface area contributed by atoms with E-state index in [1.807, 2.05) is 19.1 Å². The highest BCUT2D eigenvalue weighted by Gasteiger charge is 2.23. The third-order valence-corrected chi connectivity index (χ3v) is 3.58. The summed E-state index contributed by atoms with van der Waals surface area (Å²) in [6, 6.07) is 8.20. The molecule has 0 amide bonds. The molecule has 0 saturated carbocycles. The summed E-state index contributed by atoms with van der Waals surface area (Å²) in [7, 11) is 2.08. The Labute approximate surface area is 128 Å². The van der Waals surface area contributed by atoms with Crippen molar-refractivity contribution in [2.45, 2.75) is 6.92 Å². The second kappa shape index (κ2) is 5.73. The summed E-state index contributed by atoms with van der Waals surface area (Å²) in [5.41, 5.74) is 2.24. The molecule has 0 atom stereocenters. The van der Waals surface area contributed by atoms with Crippen molar-refractivity contribution in [2.24, 2.45) is 0 Å². The molecule has 3 rings (SSSR count). The molecular formula is C14H17ClN6. The normalized spacial score (nSPS) is 14.0. The highest BCUT2D eigenvalue weighted by atomic mass is 35.5. The Hall–Kier alpha value is -2.08. The Kier molecular flexibility index (Phi) is 3.79. The number of benzene rings is 1. The number of nitrogens with zero attached hydrogens (tertiary/aromatic N) is 5. The van der Waals surface area contributed by atoms with Crippen LogP contribution in [0.5, 0.6) is 0 Å². The van der Waals surface area contributed by atoms with Gasteiger partial charge < -0.3 is 15.1 Å². The monoisotopic (exact) mass is 304 g/mol. The third kappa shape index (κ3) is 2.71.